The SMILES string of the molecule is O=C(Nc1ccc2c(c1)OCO2)C1CCC(=O)N1Cc1ccccc1F. The molecule has 7 heteroatoms. The molecule has 0 aromatic heterocycles. The van der Waals surface area contributed by atoms with Crippen LogP contribution in [0.3, 0.4) is 0 Å². The van der Waals surface area contributed by atoms with Crippen molar-refractivity contribution in [1.29, 1.82) is 0 Å². The molecule has 2 aromatic carbocycles. The molecule has 0 spiro atoms. The summed E-state index contributed by atoms with van der Waals surface area (Å²) in [6.45, 7) is 0.227. The van der Waals surface area contributed by atoms with Crippen LogP contribution < -0.4 is 14.8 Å². The van der Waals surface area contributed by atoms with Gasteiger partial charge in [0.05, 0.1) is 0 Å². The standard InChI is InChI=1S/C19H17FN2O4/c20-14-4-2-1-3-12(14)10-22-15(6-8-18(22)23)19(24)21-13-5-7-16-17(9-13)26-11-25-16/h1-5,7,9,15H,6,8,10-11H2,(H,21,24). The predicted molar refractivity (Wildman–Crippen MR) is 91.2 cm³/mol. The Morgan fingerprint density at radius 1 is 1.19 bits per heavy atom. The molecular formula is C19H17FN2O4. The second kappa shape index (κ2) is 6.67. The van der Waals surface area contributed by atoms with Crippen molar-refractivity contribution >= 4 is 17.5 Å². The third kappa shape index (κ3) is 3.08. The van der Waals surface area contributed by atoms with Crippen molar-refractivity contribution in [2.24, 2.45) is 0 Å². The zero-order valence-corrected chi connectivity index (χ0v) is 13.9. The minimum Gasteiger partial charge on any atom is -0.454 e. The molecule has 2 aromatic rings. The maximum atomic E-state index is 13.9. The first kappa shape index (κ1) is 16.4. The van der Waals surface area contributed by atoms with Crippen LogP contribution in [0.15, 0.2) is 42.5 Å². The number of hydrogen-bond acceptors (Lipinski definition) is 4. The van der Waals surface area contributed by atoms with Crippen molar-refractivity contribution in [3.8, 4) is 11.5 Å². The first-order valence-electron chi connectivity index (χ1n) is 8.35. The van der Waals surface area contributed by atoms with Crippen LogP contribution in [-0.2, 0) is 16.1 Å². The number of amides is 2. The molecule has 1 unspecified atom stereocenters. The molecule has 2 heterocycles. The average Bonchev–Trinajstić information content (AvgIpc) is 3.23. The van der Waals surface area contributed by atoms with Gasteiger partial charge in [0.1, 0.15) is 11.9 Å². The molecule has 2 amide bonds. The van der Waals surface area contributed by atoms with Crippen LogP contribution in [0, 0.1) is 5.82 Å². The van der Waals surface area contributed by atoms with Crippen molar-refractivity contribution in [2.75, 3.05) is 12.1 Å². The van der Waals surface area contributed by atoms with Crippen molar-refractivity contribution in [3.63, 3.8) is 0 Å². The molecule has 2 aliphatic rings. The summed E-state index contributed by atoms with van der Waals surface area (Å²) in [5, 5.41) is 2.80. The first-order valence-corrected chi connectivity index (χ1v) is 8.35. The highest BCUT2D eigenvalue weighted by Gasteiger charge is 2.36. The van der Waals surface area contributed by atoms with Crippen LogP contribution in [0.25, 0.3) is 0 Å². The molecule has 6 nitrogen and oxygen atoms in total. The lowest BCUT2D eigenvalue weighted by Crippen LogP contribution is -2.41. The van der Waals surface area contributed by atoms with E-state index in [9.17, 15) is 14.0 Å². The van der Waals surface area contributed by atoms with Gasteiger partial charge in [-0.25, -0.2) is 4.39 Å². The molecule has 1 fully saturated rings. The lowest BCUT2D eigenvalue weighted by molar-refractivity contribution is -0.133. The molecule has 134 valence electrons. The van der Waals surface area contributed by atoms with Crippen molar-refractivity contribution < 1.29 is 23.5 Å². The third-order valence-electron chi connectivity index (χ3n) is 4.57. The van der Waals surface area contributed by atoms with E-state index in [1.165, 1.54) is 11.0 Å². The van der Waals surface area contributed by atoms with Crippen molar-refractivity contribution in [3.05, 3.63) is 53.8 Å². The Hall–Kier alpha value is -3.09. The highest BCUT2D eigenvalue weighted by Crippen LogP contribution is 2.34. The maximum Gasteiger partial charge on any atom is 0.247 e. The smallest absolute Gasteiger partial charge is 0.247 e. The number of ether oxygens (including phenoxy) is 2. The van der Waals surface area contributed by atoms with Gasteiger partial charge in [-0.1, -0.05) is 18.2 Å². The molecule has 1 saturated heterocycles. The van der Waals surface area contributed by atoms with Crippen LogP contribution in [0.4, 0.5) is 10.1 Å². The second-order valence-electron chi connectivity index (χ2n) is 6.22. The van der Waals surface area contributed by atoms with Gasteiger partial charge in [0.15, 0.2) is 11.5 Å². The summed E-state index contributed by atoms with van der Waals surface area (Å²) in [6.07, 6.45) is 0.678. The van der Waals surface area contributed by atoms with Gasteiger partial charge >= 0.3 is 0 Å². The highest BCUT2D eigenvalue weighted by molar-refractivity contribution is 5.99. The van der Waals surface area contributed by atoms with Gasteiger partial charge in [-0.05, 0) is 24.6 Å². The van der Waals surface area contributed by atoms with Gasteiger partial charge in [0.2, 0.25) is 18.6 Å². The normalized spacial score (nSPS) is 18.3. The Labute approximate surface area is 149 Å². The van der Waals surface area contributed by atoms with Gasteiger partial charge in [-0.2, -0.15) is 0 Å². The van der Waals surface area contributed by atoms with Crippen LogP contribution in [-0.4, -0.2) is 29.5 Å². The number of halogens is 1. The Balaban J connectivity index is 1.49. The lowest BCUT2D eigenvalue weighted by atomic mass is 10.1. The molecule has 0 saturated carbocycles. The fourth-order valence-corrected chi connectivity index (χ4v) is 3.21. The second-order valence-corrected chi connectivity index (χ2v) is 6.22. The summed E-state index contributed by atoms with van der Waals surface area (Å²) in [5.41, 5.74) is 0.952. The van der Waals surface area contributed by atoms with Crippen LogP contribution >= 0.6 is 0 Å². The number of likely N-dealkylation sites (tertiary alicyclic amines) is 1. The van der Waals surface area contributed by atoms with E-state index in [0.29, 0.717) is 29.2 Å². The third-order valence-corrected chi connectivity index (χ3v) is 4.57. The average molecular weight is 356 g/mol. The number of carbonyl (C=O) groups is 2. The lowest BCUT2D eigenvalue weighted by Gasteiger charge is -2.24. The number of nitrogens with zero attached hydrogens (tertiary/aromatic N) is 1. The molecule has 1 N–H and O–H groups in total. The summed E-state index contributed by atoms with van der Waals surface area (Å²) >= 11 is 0. The Kier molecular flexibility index (Phi) is 4.20. The number of hydrogen-bond donors (Lipinski definition) is 1. The van der Waals surface area contributed by atoms with Crippen LogP contribution in [0.1, 0.15) is 18.4 Å². The minimum atomic E-state index is -0.632. The van der Waals surface area contributed by atoms with Crippen molar-refractivity contribution in [2.45, 2.75) is 25.4 Å². The topological polar surface area (TPSA) is 67.9 Å². The molecule has 2 aliphatic heterocycles. The van der Waals surface area contributed by atoms with E-state index in [1.807, 2.05) is 0 Å². The molecule has 0 radical (unpaired) electrons. The minimum absolute atomic E-state index is 0.0741. The molecule has 0 bridgehead atoms. The number of rotatable bonds is 4. The molecule has 0 aliphatic carbocycles. The Morgan fingerprint density at radius 3 is 2.85 bits per heavy atom. The number of anilines is 1. The van der Waals surface area contributed by atoms with Gasteiger partial charge in [0, 0.05) is 30.3 Å². The summed E-state index contributed by atoms with van der Waals surface area (Å²) in [7, 11) is 0. The van der Waals surface area contributed by atoms with E-state index in [2.05, 4.69) is 5.32 Å². The van der Waals surface area contributed by atoms with E-state index < -0.39 is 6.04 Å². The zero-order valence-electron chi connectivity index (χ0n) is 13.9. The molecular weight excluding hydrogens is 339 g/mol. The highest BCUT2D eigenvalue weighted by atomic mass is 19.1. The summed E-state index contributed by atoms with van der Waals surface area (Å²) in [6, 6.07) is 10.7. The summed E-state index contributed by atoms with van der Waals surface area (Å²) in [4.78, 5) is 26.3. The van der Waals surface area contributed by atoms with Gasteiger partial charge in [-0.3, -0.25) is 9.59 Å². The van der Waals surface area contributed by atoms with E-state index in [4.69, 9.17) is 9.47 Å². The van der Waals surface area contributed by atoms with E-state index in [-0.39, 0.29) is 37.4 Å². The maximum absolute atomic E-state index is 13.9. The molecule has 26 heavy (non-hydrogen) atoms. The predicted octanol–water partition coefficient (Wildman–Crippen LogP) is 2.68. The zero-order chi connectivity index (χ0) is 18.1. The van der Waals surface area contributed by atoms with Gasteiger partial charge < -0.3 is 19.7 Å². The van der Waals surface area contributed by atoms with E-state index >= 15 is 0 Å². The fraction of sp³-hybridized carbons (Fsp3) is 0.263. The first-order chi connectivity index (χ1) is 12.6. The Morgan fingerprint density at radius 2 is 2.00 bits per heavy atom. The number of benzene rings is 2. The summed E-state index contributed by atoms with van der Waals surface area (Å²) < 4.78 is 24.4. The molecule has 4 rings (SSSR count). The van der Waals surface area contributed by atoms with Crippen molar-refractivity contribution in [1.82, 2.24) is 4.90 Å². The van der Waals surface area contributed by atoms with Crippen LogP contribution in [0.5, 0.6) is 11.5 Å². The largest absolute Gasteiger partial charge is 0.454 e. The fourth-order valence-electron chi connectivity index (χ4n) is 3.21. The monoisotopic (exact) mass is 356 g/mol. The number of fused-ring (bicyclic) bond motifs is 1. The van der Waals surface area contributed by atoms with E-state index in [1.54, 1.807) is 36.4 Å². The number of nitrogens with one attached hydrogen (secondary N) is 1. The van der Waals surface area contributed by atoms with E-state index in [0.717, 1.165) is 0 Å². The van der Waals surface area contributed by atoms with Gasteiger partial charge in [-0.15, -0.1) is 0 Å². The summed E-state index contributed by atoms with van der Waals surface area (Å²) in [5.74, 6) is 0.348. The van der Waals surface area contributed by atoms with Gasteiger partial charge in [0.25, 0.3) is 0 Å². The number of carbonyl (C=O) groups excluding carboxylic acids is 2. The molecule has 1 atom stereocenters. The quantitative estimate of drug-likeness (QED) is 0.915. The Bertz CT molecular complexity index is 870. The van der Waals surface area contributed by atoms with Crippen LogP contribution in [0.2, 0.25) is 0 Å².